The Morgan fingerprint density at radius 1 is 1.33 bits per heavy atom. The molecule has 5 nitrogen and oxygen atoms in total. The largest absolute Gasteiger partial charge is 0.497 e. The smallest absolute Gasteiger partial charge is 0.189 e. The molecule has 0 aliphatic heterocycles. The summed E-state index contributed by atoms with van der Waals surface area (Å²) >= 11 is 3.38. The first-order chi connectivity index (χ1) is 10.1. The Balaban J connectivity index is 2.32. The Labute approximate surface area is 131 Å². The van der Waals surface area contributed by atoms with Gasteiger partial charge in [0.05, 0.1) is 36.1 Å². The lowest BCUT2D eigenvalue weighted by atomic mass is 10.1. The molecule has 6 heteroatoms. The molecule has 110 valence electrons. The maximum atomic E-state index is 12.3. The van der Waals surface area contributed by atoms with Crippen LogP contribution in [0.25, 0.3) is 6.08 Å². The summed E-state index contributed by atoms with van der Waals surface area (Å²) in [6.07, 6.45) is 4.87. The van der Waals surface area contributed by atoms with Gasteiger partial charge in [0.2, 0.25) is 0 Å². The number of aromatic nitrogens is 2. The maximum Gasteiger partial charge on any atom is 0.189 e. The highest BCUT2D eigenvalue weighted by Gasteiger charge is 2.12. The lowest BCUT2D eigenvalue weighted by Gasteiger charge is -2.07. The molecule has 1 aromatic carbocycles. The highest BCUT2D eigenvalue weighted by Crippen LogP contribution is 2.25. The fourth-order valence-corrected chi connectivity index (χ4v) is 2.34. The summed E-state index contributed by atoms with van der Waals surface area (Å²) in [6, 6.07) is 5.11. The van der Waals surface area contributed by atoms with E-state index in [2.05, 4.69) is 21.0 Å². The third-order valence-electron chi connectivity index (χ3n) is 3.00. The summed E-state index contributed by atoms with van der Waals surface area (Å²) in [5, 5.41) is 4.09. The number of aryl methyl sites for hydroxylation is 1. The molecular weight excluding hydrogens is 336 g/mol. The molecule has 0 atom stereocenters. The first-order valence-electron chi connectivity index (χ1n) is 6.18. The van der Waals surface area contributed by atoms with Crippen LogP contribution in [0, 0.1) is 0 Å². The SMILES string of the molecule is COc1ccc(OC)c(C(=O)/C=C/c2c(Br)cnn2C)c1. The molecule has 0 saturated carbocycles. The Morgan fingerprint density at radius 2 is 2.10 bits per heavy atom. The number of carbonyl (C=O) groups excluding carboxylic acids is 1. The van der Waals surface area contributed by atoms with Crippen molar-refractivity contribution in [3.63, 3.8) is 0 Å². The number of hydrogen-bond acceptors (Lipinski definition) is 4. The van der Waals surface area contributed by atoms with Crippen LogP contribution in [0.15, 0.2) is 34.9 Å². The van der Waals surface area contributed by atoms with Crippen LogP contribution < -0.4 is 9.47 Å². The zero-order valence-electron chi connectivity index (χ0n) is 12.0. The molecule has 2 rings (SSSR count). The van der Waals surface area contributed by atoms with E-state index in [4.69, 9.17) is 9.47 Å². The summed E-state index contributed by atoms with van der Waals surface area (Å²) < 4.78 is 12.9. The van der Waals surface area contributed by atoms with E-state index in [9.17, 15) is 4.79 Å². The number of rotatable bonds is 5. The lowest BCUT2D eigenvalue weighted by molar-refractivity contribution is 0.104. The van der Waals surface area contributed by atoms with Crippen LogP contribution in [-0.4, -0.2) is 29.8 Å². The fraction of sp³-hybridized carbons (Fsp3) is 0.200. The third-order valence-corrected chi connectivity index (χ3v) is 3.61. The van der Waals surface area contributed by atoms with Crippen LogP contribution in [0.1, 0.15) is 16.1 Å². The highest BCUT2D eigenvalue weighted by molar-refractivity contribution is 9.10. The predicted octanol–water partition coefficient (Wildman–Crippen LogP) is 3.10. The maximum absolute atomic E-state index is 12.3. The minimum atomic E-state index is -0.168. The molecule has 0 aliphatic rings. The van der Waals surface area contributed by atoms with E-state index in [0.717, 1.165) is 10.2 Å². The summed E-state index contributed by atoms with van der Waals surface area (Å²) in [6.45, 7) is 0. The number of methoxy groups -OCH3 is 2. The van der Waals surface area contributed by atoms with Crippen molar-refractivity contribution in [2.45, 2.75) is 0 Å². The monoisotopic (exact) mass is 350 g/mol. The van der Waals surface area contributed by atoms with Crippen LogP contribution in [0.4, 0.5) is 0 Å². The average Bonchev–Trinajstić information content (AvgIpc) is 2.82. The molecule has 0 N–H and O–H groups in total. The number of nitrogens with zero attached hydrogens (tertiary/aromatic N) is 2. The van der Waals surface area contributed by atoms with Crippen molar-refractivity contribution in [1.82, 2.24) is 9.78 Å². The van der Waals surface area contributed by atoms with Gasteiger partial charge in [-0.05, 0) is 46.3 Å². The molecule has 0 aliphatic carbocycles. The van der Waals surface area contributed by atoms with Gasteiger partial charge >= 0.3 is 0 Å². The standard InChI is InChI=1S/C15H15BrN2O3/c1-18-13(12(16)9-17-18)5-6-14(19)11-8-10(20-2)4-7-15(11)21-3/h4-9H,1-3H3/b6-5+. The van der Waals surface area contributed by atoms with E-state index < -0.39 is 0 Å². The van der Waals surface area contributed by atoms with Gasteiger partial charge in [-0.1, -0.05) is 0 Å². The Bertz CT molecular complexity index is 673. The molecule has 2 aromatic rings. The average molecular weight is 351 g/mol. The zero-order valence-corrected chi connectivity index (χ0v) is 13.5. The van der Waals surface area contributed by atoms with Gasteiger partial charge in [0.25, 0.3) is 0 Å². The van der Waals surface area contributed by atoms with Crippen molar-refractivity contribution < 1.29 is 14.3 Å². The van der Waals surface area contributed by atoms with Gasteiger partial charge < -0.3 is 9.47 Å². The quantitative estimate of drug-likeness (QED) is 0.614. The summed E-state index contributed by atoms with van der Waals surface area (Å²) in [5.74, 6) is 0.947. The Hall–Kier alpha value is -2.08. The molecule has 21 heavy (non-hydrogen) atoms. The van der Waals surface area contributed by atoms with Crippen LogP contribution in [0.2, 0.25) is 0 Å². The molecule has 0 fully saturated rings. The first-order valence-corrected chi connectivity index (χ1v) is 6.98. The van der Waals surface area contributed by atoms with Crippen molar-refractivity contribution in [2.75, 3.05) is 14.2 Å². The number of benzene rings is 1. The minimum Gasteiger partial charge on any atom is -0.497 e. The highest BCUT2D eigenvalue weighted by atomic mass is 79.9. The number of allylic oxidation sites excluding steroid dienone is 1. The van der Waals surface area contributed by atoms with Crippen molar-refractivity contribution in [2.24, 2.45) is 7.05 Å². The molecule has 0 amide bonds. The van der Waals surface area contributed by atoms with E-state index in [1.165, 1.54) is 13.2 Å². The van der Waals surface area contributed by atoms with E-state index in [-0.39, 0.29) is 5.78 Å². The normalized spacial score (nSPS) is 10.9. The molecular formula is C15H15BrN2O3. The van der Waals surface area contributed by atoms with Crippen LogP contribution >= 0.6 is 15.9 Å². The summed E-state index contributed by atoms with van der Waals surface area (Å²) in [7, 11) is 4.89. The van der Waals surface area contributed by atoms with Crippen LogP contribution in [0.5, 0.6) is 11.5 Å². The Kier molecular flexibility index (Phi) is 4.80. The zero-order chi connectivity index (χ0) is 15.4. The summed E-state index contributed by atoms with van der Waals surface area (Å²) in [4.78, 5) is 12.3. The van der Waals surface area contributed by atoms with Crippen LogP contribution in [0.3, 0.4) is 0 Å². The van der Waals surface area contributed by atoms with E-state index in [1.54, 1.807) is 49.3 Å². The second-order valence-corrected chi connectivity index (χ2v) is 5.12. The van der Waals surface area contributed by atoms with Gasteiger partial charge in [-0.15, -0.1) is 0 Å². The molecule has 1 heterocycles. The fourth-order valence-electron chi connectivity index (χ4n) is 1.86. The van der Waals surface area contributed by atoms with Gasteiger partial charge in [-0.3, -0.25) is 9.48 Å². The van der Waals surface area contributed by atoms with E-state index in [1.807, 2.05) is 0 Å². The topological polar surface area (TPSA) is 53.4 Å². The number of halogens is 1. The van der Waals surface area contributed by atoms with Gasteiger partial charge in [-0.25, -0.2) is 0 Å². The number of hydrogen-bond donors (Lipinski definition) is 0. The van der Waals surface area contributed by atoms with Crippen molar-refractivity contribution in [3.8, 4) is 11.5 Å². The second kappa shape index (κ2) is 6.58. The number of ether oxygens (including phenoxy) is 2. The first kappa shape index (κ1) is 15.3. The molecule has 0 unspecified atom stereocenters. The van der Waals surface area contributed by atoms with Gasteiger partial charge in [-0.2, -0.15) is 5.10 Å². The van der Waals surface area contributed by atoms with Crippen molar-refractivity contribution in [1.29, 1.82) is 0 Å². The molecule has 1 aromatic heterocycles. The van der Waals surface area contributed by atoms with Crippen molar-refractivity contribution >= 4 is 27.8 Å². The molecule has 0 bridgehead atoms. The number of carbonyl (C=O) groups is 1. The van der Waals surface area contributed by atoms with Gasteiger partial charge in [0.15, 0.2) is 5.78 Å². The molecule has 0 radical (unpaired) electrons. The minimum absolute atomic E-state index is 0.168. The second-order valence-electron chi connectivity index (χ2n) is 4.27. The molecule has 0 saturated heterocycles. The number of ketones is 1. The van der Waals surface area contributed by atoms with Crippen LogP contribution in [-0.2, 0) is 7.05 Å². The van der Waals surface area contributed by atoms with Crippen molar-refractivity contribution in [3.05, 3.63) is 46.2 Å². The van der Waals surface area contributed by atoms with E-state index in [0.29, 0.717) is 17.1 Å². The van der Waals surface area contributed by atoms with E-state index >= 15 is 0 Å². The van der Waals surface area contributed by atoms with Gasteiger partial charge in [0.1, 0.15) is 11.5 Å². The summed E-state index contributed by atoms with van der Waals surface area (Å²) in [5.41, 5.74) is 1.26. The molecule has 0 spiro atoms. The Morgan fingerprint density at radius 3 is 2.67 bits per heavy atom. The predicted molar refractivity (Wildman–Crippen MR) is 83.8 cm³/mol. The van der Waals surface area contributed by atoms with Gasteiger partial charge in [0, 0.05) is 7.05 Å². The lowest BCUT2D eigenvalue weighted by Crippen LogP contribution is -2.00. The third kappa shape index (κ3) is 3.33.